The van der Waals surface area contributed by atoms with Crippen molar-refractivity contribution in [2.24, 2.45) is 7.05 Å². The first-order valence-corrected chi connectivity index (χ1v) is 11.9. The molecular formula is C25H34N4O4. The van der Waals surface area contributed by atoms with Gasteiger partial charge in [-0.05, 0) is 43.9 Å². The number of nitrogens with zero attached hydrogens (tertiary/aromatic N) is 4. The summed E-state index contributed by atoms with van der Waals surface area (Å²) < 4.78 is 14.1. The summed E-state index contributed by atoms with van der Waals surface area (Å²) in [5, 5.41) is 4.17. The maximum absolute atomic E-state index is 13.2. The lowest BCUT2D eigenvalue weighted by Gasteiger charge is -2.43. The summed E-state index contributed by atoms with van der Waals surface area (Å²) in [6.07, 6.45) is 6.24. The van der Waals surface area contributed by atoms with Gasteiger partial charge >= 0.3 is 0 Å². The summed E-state index contributed by atoms with van der Waals surface area (Å²) >= 11 is 0. The lowest BCUT2D eigenvalue weighted by Crippen LogP contribution is -2.58. The number of aryl methyl sites for hydroxylation is 2. The van der Waals surface area contributed by atoms with E-state index in [0.29, 0.717) is 32.5 Å². The van der Waals surface area contributed by atoms with Gasteiger partial charge in [0.1, 0.15) is 18.0 Å². The third-order valence-electron chi connectivity index (χ3n) is 6.55. The number of carbonyl (C=O) groups is 2. The van der Waals surface area contributed by atoms with Crippen molar-refractivity contribution >= 4 is 11.8 Å². The highest BCUT2D eigenvalue weighted by Gasteiger charge is 2.42. The van der Waals surface area contributed by atoms with Gasteiger partial charge in [0.2, 0.25) is 11.8 Å². The fourth-order valence-corrected chi connectivity index (χ4v) is 4.60. The number of piperidine rings is 1. The molecule has 1 atom stereocenters. The number of para-hydroxylation sites is 1. The smallest absolute Gasteiger partial charge is 0.225 e. The molecule has 2 saturated heterocycles. The maximum atomic E-state index is 13.2. The molecule has 0 saturated carbocycles. The van der Waals surface area contributed by atoms with E-state index in [9.17, 15) is 9.59 Å². The van der Waals surface area contributed by atoms with Crippen LogP contribution >= 0.6 is 0 Å². The quantitative estimate of drug-likeness (QED) is 0.612. The Morgan fingerprint density at radius 1 is 1.03 bits per heavy atom. The van der Waals surface area contributed by atoms with Crippen LogP contribution in [0.5, 0.6) is 5.75 Å². The zero-order valence-electron chi connectivity index (χ0n) is 19.4. The summed E-state index contributed by atoms with van der Waals surface area (Å²) in [6, 6.07) is 11.5. The predicted molar refractivity (Wildman–Crippen MR) is 124 cm³/mol. The van der Waals surface area contributed by atoms with Crippen LogP contribution in [0.25, 0.3) is 0 Å². The average Bonchev–Trinajstić information content (AvgIpc) is 3.27. The molecule has 178 valence electrons. The highest BCUT2D eigenvalue weighted by Crippen LogP contribution is 2.27. The summed E-state index contributed by atoms with van der Waals surface area (Å²) in [7, 11) is 1.88. The normalized spacial score (nSPS) is 21.1. The molecule has 8 heteroatoms. The second-order valence-corrected chi connectivity index (χ2v) is 9.01. The lowest BCUT2D eigenvalue weighted by atomic mass is 9.95. The van der Waals surface area contributed by atoms with Crippen LogP contribution in [0.4, 0.5) is 0 Å². The van der Waals surface area contributed by atoms with E-state index >= 15 is 0 Å². The van der Waals surface area contributed by atoms with Crippen molar-refractivity contribution in [2.45, 2.75) is 44.1 Å². The van der Waals surface area contributed by atoms with Crippen LogP contribution in [0.3, 0.4) is 0 Å². The molecule has 2 aliphatic rings. The molecule has 33 heavy (non-hydrogen) atoms. The van der Waals surface area contributed by atoms with E-state index in [0.717, 1.165) is 37.4 Å². The molecule has 0 N–H and O–H groups in total. The first-order valence-electron chi connectivity index (χ1n) is 11.9. The SMILES string of the molecule is Cn1nccc1CCC(=O)N1CCOC(COc2ccccc2)(CC(=O)N2CCCCC2)C1. The Balaban J connectivity index is 1.44. The number of likely N-dealkylation sites (tertiary alicyclic amines) is 1. The Hall–Kier alpha value is -2.87. The third-order valence-corrected chi connectivity index (χ3v) is 6.55. The molecule has 4 rings (SSSR count). The molecule has 1 aromatic heterocycles. The third kappa shape index (κ3) is 6.13. The number of benzene rings is 1. The zero-order valence-corrected chi connectivity index (χ0v) is 19.4. The fraction of sp³-hybridized carbons (Fsp3) is 0.560. The van der Waals surface area contributed by atoms with E-state index in [1.54, 1.807) is 10.9 Å². The van der Waals surface area contributed by atoms with Crippen molar-refractivity contribution in [1.82, 2.24) is 19.6 Å². The summed E-state index contributed by atoms with van der Waals surface area (Å²) in [5.74, 6) is 0.870. The lowest BCUT2D eigenvalue weighted by molar-refractivity contribution is -0.166. The number of ether oxygens (including phenoxy) is 2. The minimum absolute atomic E-state index is 0.0639. The van der Waals surface area contributed by atoms with Crippen molar-refractivity contribution in [3.63, 3.8) is 0 Å². The van der Waals surface area contributed by atoms with Gasteiger partial charge < -0.3 is 19.3 Å². The largest absolute Gasteiger partial charge is 0.490 e. The first kappa shape index (κ1) is 23.3. The van der Waals surface area contributed by atoms with Gasteiger partial charge in [0.25, 0.3) is 0 Å². The van der Waals surface area contributed by atoms with Crippen molar-refractivity contribution in [3.05, 3.63) is 48.3 Å². The molecule has 0 aliphatic carbocycles. The summed E-state index contributed by atoms with van der Waals surface area (Å²) in [4.78, 5) is 30.0. The Kier molecular flexibility index (Phi) is 7.65. The maximum Gasteiger partial charge on any atom is 0.225 e. The molecule has 1 unspecified atom stereocenters. The van der Waals surface area contributed by atoms with Gasteiger partial charge in [-0.2, -0.15) is 5.10 Å². The summed E-state index contributed by atoms with van der Waals surface area (Å²) in [5.41, 5.74) is 0.167. The van der Waals surface area contributed by atoms with Gasteiger partial charge in [-0.15, -0.1) is 0 Å². The van der Waals surface area contributed by atoms with Crippen molar-refractivity contribution in [1.29, 1.82) is 0 Å². The topological polar surface area (TPSA) is 76.9 Å². The molecular weight excluding hydrogens is 420 g/mol. The van der Waals surface area contributed by atoms with Gasteiger partial charge in [0.15, 0.2) is 0 Å². The first-order chi connectivity index (χ1) is 16.0. The highest BCUT2D eigenvalue weighted by atomic mass is 16.5. The van der Waals surface area contributed by atoms with E-state index in [2.05, 4.69) is 5.10 Å². The van der Waals surface area contributed by atoms with Crippen LogP contribution in [0.2, 0.25) is 0 Å². The van der Waals surface area contributed by atoms with Crippen LogP contribution in [0, 0.1) is 0 Å². The monoisotopic (exact) mass is 454 g/mol. The van der Waals surface area contributed by atoms with E-state index in [1.165, 1.54) is 6.42 Å². The predicted octanol–water partition coefficient (Wildman–Crippen LogP) is 2.43. The van der Waals surface area contributed by atoms with E-state index in [4.69, 9.17) is 9.47 Å². The molecule has 3 heterocycles. The van der Waals surface area contributed by atoms with Crippen LogP contribution in [0.15, 0.2) is 42.6 Å². The minimum Gasteiger partial charge on any atom is -0.490 e. The Bertz CT molecular complexity index is 925. The Labute approximate surface area is 195 Å². The van der Waals surface area contributed by atoms with Gasteiger partial charge in [-0.25, -0.2) is 0 Å². The highest BCUT2D eigenvalue weighted by molar-refractivity contribution is 5.79. The summed E-state index contributed by atoms with van der Waals surface area (Å²) in [6.45, 7) is 3.08. The minimum atomic E-state index is -0.856. The van der Waals surface area contributed by atoms with Crippen molar-refractivity contribution in [3.8, 4) is 5.75 Å². The molecule has 2 aliphatic heterocycles. The number of hydrogen-bond donors (Lipinski definition) is 0. The van der Waals surface area contributed by atoms with Crippen LogP contribution < -0.4 is 4.74 Å². The number of rotatable bonds is 8. The second-order valence-electron chi connectivity index (χ2n) is 9.01. The molecule has 1 aromatic carbocycles. The average molecular weight is 455 g/mol. The Morgan fingerprint density at radius 2 is 1.82 bits per heavy atom. The molecule has 2 aromatic rings. The number of aromatic nitrogens is 2. The van der Waals surface area contributed by atoms with Gasteiger partial charge in [-0.3, -0.25) is 14.3 Å². The molecule has 0 bridgehead atoms. The van der Waals surface area contributed by atoms with E-state index < -0.39 is 5.60 Å². The number of hydrogen-bond acceptors (Lipinski definition) is 5. The van der Waals surface area contributed by atoms with Crippen LogP contribution in [-0.4, -0.2) is 76.4 Å². The Morgan fingerprint density at radius 3 is 2.55 bits per heavy atom. The number of amides is 2. The molecule has 8 nitrogen and oxygen atoms in total. The van der Waals surface area contributed by atoms with Crippen molar-refractivity contribution < 1.29 is 19.1 Å². The number of morpholine rings is 1. The van der Waals surface area contributed by atoms with Crippen molar-refractivity contribution in [2.75, 3.05) is 39.4 Å². The van der Waals surface area contributed by atoms with Gasteiger partial charge in [0.05, 0.1) is 19.6 Å². The van der Waals surface area contributed by atoms with Crippen LogP contribution in [0.1, 0.15) is 37.8 Å². The van der Waals surface area contributed by atoms with Crippen LogP contribution in [-0.2, 0) is 27.8 Å². The van der Waals surface area contributed by atoms with Gasteiger partial charge in [-0.1, -0.05) is 18.2 Å². The molecule has 2 fully saturated rings. The number of carbonyl (C=O) groups excluding carboxylic acids is 2. The van der Waals surface area contributed by atoms with Gasteiger partial charge in [0, 0.05) is 45.0 Å². The zero-order chi connectivity index (χ0) is 23.1. The second kappa shape index (κ2) is 10.8. The van der Waals surface area contributed by atoms with E-state index in [1.807, 2.05) is 53.2 Å². The molecule has 2 amide bonds. The standard InChI is InChI=1S/C25H34N4O4/c1-27-21(12-13-26-27)10-11-23(30)29-16-17-33-25(19-29,20-32-22-8-4-2-5-9-22)18-24(31)28-14-6-3-7-15-28/h2,4-5,8-9,12-13H,3,6-7,10-11,14-20H2,1H3. The molecule has 0 spiro atoms. The fourth-order valence-electron chi connectivity index (χ4n) is 4.60. The van der Waals surface area contributed by atoms with E-state index in [-0.39, 0.29) is 24.8 Å². The molecule has 0 radical (unpaired) electrons.